The Kier molecular flexibility index (Phi) is 11.6. The Morgan fingerprint density at radius 1 is 0.419 bits per heavy atom. The second-order valence-electron chi connectivity index (χ2n) is 16.4. The molecule has 3 heterocycles. The Morgan fingerprint density at radius 3 is 1.39 bits per heavy atom. The number of nitrogens with zero attached hydrogens (tertiary/aromatic N) is 2. The van der Waals surface area contributed by atoms with Gasteiger partial charge in [-0.15, -0.1) is 0 Å². The third-order valence-corrected chi connectivity index (χ3v) is 12.8. The quantitative estimate of drug-likeness (QED) is 0.165. The van der Waals surface area contributed by atoms with Crippen molar-refractivity contribution in [1.29, 1.82) is 0 Å². The van der Waals surface area contributed by atoms with E-state index in [0.29, 0.717) is 0 Å². The minimum Gasteiger partial charge on any atom is -0.399 e. The first-order chi connectivity index (χ1) is 30.0. The Morgan fingerprint density at radius 2 is 0.871 bits per heavy atom. The van der Waals surface area contributed by atoms with Gasteiger partial charge in [0.15, 0.2) is 0 Å². The van der Waals surface area contributed by atoms with Crippen molar-refractivity contribution >= 4 is 95.3 Å². The molecule has 0 unspecified atom stereocenters. The first-order valence-corrected chi connectivity index (χ1v) is 22.2. The van der Waals surface area contributed by atoms with Crippen molar-refractivity contribution in [1.82, 2.24) is 9.13 Å². The molecule has 0 atom stereocenters. The molecule has 1 aliphatic heterocycles. The van der Waals surface area contributed by atoms with Crippen molar-refractivity contribution in [3.05, 3.63) is 209 Å². The summed E-state index contributed by atoms with van der Waals surface area (Å²) in [5, 5.41) is 6.53. The predicted octanol–water partition coefficient (Wildman–Crippen LogP) is 15.3. The van der Waals surface area contributed by atoms with E-state index in [0.717, 1.165) is 31.2 Å². The maximum Gasteiger partial charge on any atom is 0.494 e. The van der Waals surface area contributed by atoms with Crippen molar-refractivity contribution in [2.75, 3.05) is 0 Å². The highest BCUT2D eigenvalue weighted by Gasteiger charge is 2.51. The van der Waals surface area contributed by atoms with Gasteiger partial charge in [-0.3, -0.25) is 0 Å². The highest BCUT2D eigenvalue weighted by Crippen LogP contribution is 2.38. The van der Waals surface area contributed by atoms with Gasteiger partial charge in [0.2, 0.25) is 0 Å². The molecule has 4 nitrogen and oxygen atoms in total. The zero-order valence-corrected chi connectivity index (χ0v) is 38.0. The molecule has 0 radical (unpaired) electrons. The van der Waals surface area contributed by atoms with Crippen LogP contribution in [0.3, 0.4) is 0 Å². The van der Waals surface area contributed by atoms with Gasteiger partial charge in [-0.1, -0.05) is 154 Å². The zero-order chi connectivity index (χ0) is 43.0. The van der Waals surface area contributed by atoms with E-state index in [9.17, 15) is 0 Å². The molecule has 0 bridgehead atoms. The predicted molar refractivity (Wildman–Crippen MR) is 267 cm³/mol. The largest absolute Gasteiger partial charge is 0.494 e. The summed E-state index contributed by atoms with van der Waals surface area (Å²) in [6, 6.07) is 66.8. The molecule has 2 aromatic heterocycles. The van der Waals surface area contributed by atoms with Crippen molar-refractivity contribution in [2.45, 2.75) is 38.9 Å². The molecule has 11 rings (SSSR count). The highest BCUT2D eigenvalue weighted by atomic mass is 79.9. The molecule has 62 heavy (non-hydrogen) atoms. The fourth-order valence-electron chi connectivity index (χ4n) is 8.10. The van der Waals surface area contributed by atoms with Gasteiger partial charge in [-0.05, 0) is 123 Å². The molecule has 0 N–H and O–H groups in total. The van der Waals surface area contributed by atoms with Crippen molar-refractivity contribution < 1.29 is 9.31 Å². The lowest BCUT2D eigenvalue weighted by atomic mass is 9.79. The molecule has 1 aliphatic rings. The van der Waals surface area contributed by atoms with Crippen LogP contribution in [0.2, 0.25) is 10.0 Å². The smallest absolute Gasteiger partial charge is 0.399 e. The monoisotopic (exact) mass is 912 g/mol. The minimum atomic E-state index is -0.364. The van der Waals surface area contributed by atoms with Crippen molar-refractivity contribution in [3.8, 4) is 22.5 Å². The number of hydrogen-bond acceptors (Lipinski definition) is 2. The maximum atomic E-state index is 6.29. The van der Waals surface area contributed by atoms with E-state index in [1.165, 1.54) is 54.9 Å². The number of para-hydroxylation sites is 4. The molecule has 8 aromatic carbocycles. The third-order valence-electron chi connectivity index (χ3n) is 11.9. The van der Waals surface area contributed by atoms with E-state index in [1.807, 2.05) is 48.5 Å². The standard InChI is InChI=1S/C24H24BNO2.C24H16ClN.C6H4BrCl/c1-23(2)24(3,4)28-25(27-23)17-14-15-20-19-12-8-9-13-21(19)26(22(20)16-17)18-10-6-5-7-11-18;25-19-8-6-7-17(15-19)18-13-14-22-21-11-4-5-12-23(21)26(24(22)16-18)20-9-2-1-3-10-20;7-5-2-1-3-6(8)4-5/h5-16H,1-4H3;1-16H;1-4H. The first kappa shape index (κ1) is 41.7. The summed E-state index contributed by atoms with van der Waals surface area (Å²) in [5.41, 5.74) is 9.76. The molecule has 0 amide bonds. The first-order valence-electron chi connectivity index (χ1n) is 20.7. The molecule has 1 saturated heterocycles. The number of rotatable bonds is 4. The number of fused-ring (bicyclic) bond motifs is 6. The van der Waals surface area contributed by atoms with Gasteiger partial charge in [0.05, 0.1) is 33.3 Å². The molecule has 10 aromatic rings. The van der Waals surface area contributed by atoms with Crippen LogP contribution in [0.25, 0.3) is 66.1 Å². The summed E-state index contributed by atoms with van der Waals surface area (Å²) in [7, 11) is -0.364. The second kappa shape index (κ2) is 17.3. The second-order valence-corrected chi connectivity index (χ2v) is 18.2. The van der Waals surface area contributed by atoms with Crippen LogP contribution in [0.1, 0.15) is 27.7 Å². The summed E-state index contributed by atoms with van der Waals surface area (Å²) < 4.78 is 18.2. The molecule has 0 aliphatic carbocycles. The topological polar surface area (TPSA) is 28.3 Å². The van der Waals surface area contributed by atoms with Gasteiger partial charge in [0, 0.05) is 47.4 Å². The van der Waals surface area contributed by atoms with Crippen LogP contribution in [0, 0.1) is 0 Å². The van der Waals surface area contributed by atoms with Gasteiger partial charge in [0.25, 0.3) is 0 Å². The molecular formula is C54H44BBrCl2N2O2. The lowest BCUT2D eigenvalue weighted by Crippen LogP contribution is -2.41. The average molecular weight is 915 g/mol. The zero-order valence-electron chi connectivity index (χ0n) is 34.9. The normalized spacial score (nSPS) is 14.1. The van der Waals surface area contributed by atoms with Gasteiger partial charge < -0.3 is 18.4 Å². The molecule has 0 spiro atoms. The molecule has 1 fully saturated rings. The minimum absolute atomic E-state index is 0.348. The highest BCUT2D eigenvalue weighted by molar-refractivity contribution is 9.10. The van der Waals surface area contributed by atoms with E-state index in [2.05, 4.69) is 198 Å². The maximum absolute atomic E-state index is 6.29. The van der Waals surface area contributed by atoms with Crippen LogP contribution in [-0.2, 0) is 9.31 Å². The Bertz CT molecular complexity index is 3170. The van der Waals surface area contributed by atoms with Gasteiger partial charge >= 0.3 is 7.12 Å². The summed E-state index contributed by atoms with van der Waals surface area (Å²) in [5.74, 6) is 0. The van der Waals surface area contributed by atoms with Crippen molar-refractivity contribution in [2.24, 2.45) is 0 Å². The van der Waals surface area contributed by atoms with Crippen molar-refractivity contribution in [3.63, 3.8) is 0 Å². The van der Waals surface area contributed by atoms with Crippen LogP contribution in [0.15, 0.2) is 199 Å². The van der Waals surface area contributed by atoms with E-state index in [4.69, 9.17) is 32.5 Å². The molecular weight excluding hydrogens is 870 g/mol. The number of aromatic nitrogens is 2. The van der Waals surface area contributed by atoms with Gasteiger partial charge in [-0.25, -0.2) is 0 Å². The van der Waals surface area contributed by atoms with Crippen LogP contribution >= 0.6 is 39.1 Å². The number of halogens is 3. The molecule has 306 valence electrons. The number of benzene rings is 8. The summed E-state index contributed by atoms with van der Waals surface area (Å²) in [6.45, 7) is 8.36. The van der Waals surface area contributed by atoms with Gasteiger partial charge in [0.1, 0.15) is 0 Å². The van der Waals surface area contributed by atoms with E-state index >= 15 is 0 Å². The summed E-state index contributed by atoms with van der Waals surface area (Å²) in [6.07, 6.45) is 0. The van der Waals surface area contributed by atoms with Crippen LogP contribution < -0.4 is 5.46 Å². The summed E-state index contributed by atoms with van der Waals surface area (Å²) in [4.78, 5) is 0. The molecule has 8 heteroatoms. The fourth-order valence-corrected chi connectivity index (χ4v) is 9.01. The Hall–Kier alpha value is -5.60. The SMILES string of the molecule is CC1(C)OB(c2ccc3c4ccccc4n(-c4ccccc4)c3c2)OC1(C)C.Clc1cccc(-c2ccc3c4ccccc4n(-c4ccccc4)c3c2)c1.Clc1cccc(Br)c1. The average Bonchev–Trinajstić information content (AvgIpc) is 3.87. The van der Waals surface area contributed by atoms with E-state index in [1.54, 1.807) is 0 Å². The lowest BCUT2D eigenvalue weighted by Gasteiger charge is -2.32. The third kappa shape index (κ3) is 8.22. The lowest BCUT2D eigenvalue weighted by molar-refractivity contribution is 0.00578. The fraction of sp³-hybridized carbons (Fsp3) is 0.111. The van der Waals surface area contributed by atoms with Crippen LogP contribution in [0.4, 0.5) is 0 Å². The molecule has 0 saturated carbocycles. The van der Waals surface area contributed by atoms with Gasteiger partial charge in [-0.2, -0.15) is 0 Å². The van der Waals surface area contributed by atoms with E-state index < -0.39 is 0 Å². The van der Waals surface area contributed by atoms with Crippen LogP contribution in [-0.4, -0.2) is 27.5 Å². The van der Waals surface area contributed by atoms with E-state index in [-0.39, 0.29) is 18.3 Å². The summed E-state index contributed by atoms with van der Waals surface area (Å²) >= 11 is 15.1. The Balaban J connectivity index is 0.000000135. The Labute approximate surface area is 381 Å². The number of hydrogen-bond donors (Lipinski definition) is 0. The van der Waals surface area contributed by atoms with Crippen LogP contribution in [0.5, 0.6) is 0 Å².